The summed E-state index contributed by atoms with van der Waals surface area (Å²) >= 11 is 0. The molecule has 6 nitrogen and oxygen atoms in total. The van der Waals surface area contributed by atoms with Crippen molar-refractivity contribution in [1.29, 1.82) is 0 Å². The number of hydrogen-bond donors (Lipinski definition) is 0. The molecule has 0 aromatic heterocycles. The zero-order valence-electron chi connectivity index (χ0n) is 39.2. The summed E-state index contributed by atoms with van der Waals surface area (Å²) in [5.74, 6) is -0.971. The van der Waals surface area contributed by atoms with E-state index in [1.807, 2.05) is 0 Å². The molecule has 0 bridgehead atoms. The Hall–Kier alpha value is -3.15. The third kappa shape index (κ3) is 45.9. The molecular formula is C54H92O6. The number of unbranched alkanes of at least 4 members (excludes halogenated alkanes) is 21. The highest BCUT2D eigenvalue weighted by molar-refractivity contribution is 5.71. The third-order valence-electron chi connectivity index (χ3n) is 10.4. The van der Waals surface area contributed by atoms with Gasteiger partial charge < -0.3 is 14.2 Å². The smallest absolute Gasteiger partial charge is 0.306 e. The molecule has 0 radical (unpaired) electrons. The summed E-state index contributed by atoms with van der Waals surface area (Å²) in [5.41, 5.74) is 0. The van der Waals surface area contributed by atoms with Crippen molar-refractivity contribution in [2.75, 3.05) is 13.2 Å². The molecule has 0 unspecified atom stereocenters. The second-order valence-corrected chi connectivity index (χ2v) is 16.4. The second-order valence-electron chi connectivity index (χ2n) is 16.4. The highest BCUT2D eigenvalue weighted by Gasteiger charge is 2.19. The Kier molecular flexibility index (Phi) is 46.0. The molecule has 0 N–H and O–H groups in total. The predicted octanol–water partition coefficient (Wildman–Crippen LogP) is 16.3. The zero-order chi connectivity index (χ0) is 43.7. The van der Waals surface area contributed by atoms with Crippen LogP contribution in [0.25, 0.3) is 0 Å². The number of allylic oxidation sites excluding steroid dienone is 12. The molecule has 0 aliphatic carbocycles. The molecule has 0 saturated carbocycles. The number of rotatable bonds is 44. The first-order valence-electron chi connectivity index (χ1n) is 24.9. The SMILES string of the molecule is CCCC/C=C\C/C=C\CCCCCCCC(=O)O[C@@H](COC(=O)CCC/C=C\C/C=C\C/C=C\C/C=C\CCCCC)COC(=O)CCCCCCCCCCCCC. The molecular weight excluding hydrogens is 745 g/mol. The fraction of sp³-hybridized carbons (Fsp3) is 0.722. The Bertz CT molecular complexity index is 1140. The number of ether oxygens (including phenoxy) is 3. The van der Waals surface area contributed by atoms with Crippen LogP contribution in [0, 0.1) is 0 Å². The molecule has 0 aliphatic heterocycles. The van der Waals surface area contributed by atoms with Crippen LogP contribution in [-0.4, -0.2) is 37.2 Å². The molecule has 0 aromatic rings. The summed E-state index contributed by atoms with van der Waals surface area (Å²) in [4.78, 5) is 37.9. The van der Waals surface area contributed by atoms with Crippen LogP contribution in [0.5, 0.6) is 0 Å². The Morgan fingerprint density at radius 2 is 0.633 bits per heavy atom. The van der Waals surface area contributed by atoms with Gasteiger partial charge in [0.1, 0.15) is 13.2 Å². The molecule has 0 fully saturated rings. The van der Waals surface area contributed by atoms with Gasteiger partial charge in [0.15, 0.2) is 6.10 Å². The normalized spacial score (nSPS) is 12.7. The van der Waals surface area contributed by atoms with Crippen LogP contribution in [0.3, 0.4) is 0 Å². The second kappa shape index (κ2) is 48.5. The van der Waals surface area contributed by atoms with Crippen molar-refractivity contribution >= 4 is 17.9 Å². The molecule has 0 spiro atoms. The maximum Gasteiger partial charge on any atom is 0.306 e. The van der Waals surface area contributed by atoms with E-state index in [0.29, 0.717) is 19.3 Å². The van der Waals surface area contributed by atoms with Gasteiger partial charge in [0.05, 0.1) is 0 Å². The van der Waals surface area contributed by atoms with Crippen molar-refractivity contribution in [3.05, 3.63) is 72.9 Å². The molecule has 6 heteroatoms. The molecule has 1 atom stereocenters. The minimum absolute atomic E-state index is 0.0971. The molecule has 0 amide bonds. The maximum atomic E-state index is 12.8. The first-order valence-corrected chi connectivity index (χ1v) is 24.9. The molecule has 0 aromatic carbocycles. The first-order chi connectivity index (χ1) is 29.5. The van der Waals surface area contributed by atoms with Crippen molar-refractivity contribution < 1.29 is 28.6 Å². The number of hydrogen-bond acceptors (Lipinski definition) is 6. The summed E-state index contributed by atoms with van der Waals surface area (Å²) in [6.07, 6.45) is 60.3. The van der Waals surface area contributed by atoms with Gasteiger partial charge in [-0.1, -0.05) is 203 Å². The van der Waals surface area contributed by atoms with Gasteiger partial charge >= 0.3 is 17.9 Å². The van der Waals surface area contributed by atoms with Crippen molar-refractivity contribution in [1.82, 2.24) is 0 Å². The lowest BCUT2D eigenvalue weighted by atomic mass is 10.1. The van der Waals surface area contributed by atoms with E-state index in [1.54, 1.807) is 0 Å². The van der Waals surface area contributed by atoms with Crippen LogP contribution in [0.2, 0.25) is 0 Å². The van der Waals surface area contributed by atoms with E-state index in [9.17, 15) is 14.4 Å². The fourth-order valence-electron chi connectivity index (χ4n) is 6.63. The summed E-state index contributed by atoms with van der Waals surface area (Å²) in [5, 5.41) is 0. The first kappa shape index (κ1) is 56.9. The minimum atomic E-state index is -0.801. The predicted molar refractivity (Wildman–Crippen MR) is 256 cm³/mol. The lowest BCUT2D eigenvalue weighted by Crippen LogP contribution is -2.30. The largest absolute Gasteiger partial charge is 0.462 e. The zero-order valence-corrected chi connectivity index (χ0v) is 39.2. The van der Waals surface area contributed by atoms with Gasteiger partial charge in [-0.15, -0.1) is 0 Å². The van der Waals surface area contributed by atoms with E-state index in [0.717, 1.165) is 89.9 Å². The number of esters is 3. The van der Waals surface area contributed by atoms with Crippen LogP contribution in [0.15, 0.2) is 72.9 Å². The van der Waals surface area contributed by atoms with E-state index in [-0.39, 0.29) is 37.5 Å². The molecule has 0 rings (SSSR count). The molecule has 0 aliphatic rings. The Morgan fingerprint density at radius 1 is 0.333 bits per heavy atom. The van der Waals surface area contributed by atoms with Crippen molar-refractivity contribution in [2.45, 2.75) is 239 Å². The Morgan fingerprint density at radius 3 is 1.08 bits per heavy atom. The van der Waals surface area contributed by atoms with Crippen LogP contribution in [0.4, 0.5) is 0 Å². The minimum Gasteiger partial charge on any atom is -0.462 e. The number of carbonyl (C=O) groups is 3. The summed E-state index contributed by atoms with van der Waals surface area (Å²) < 4.78 is 16.7. The van der Waals surface area contributed by atoms with Crippen LogP contribution in [-0.2, 0) is 28.6 Å². The van der Waals surface area contributed by atoms with Gasteiger partial charge in [0.25, 0.3) is 0 Å². The average Bonchev–Trinajstić information content (AvgIpc) is 3.24. The molecule has 60 heavy (non-hydrogen) atoms. The van der Waals surface area contributed by atoms with Gasteiger partial charge in [-0.3, -0.25) is 14.4 Å². The lowest BCUT2D eigenvalue weighted by Gasteiger charge is -2.18. The van der Waals surface area contributed by atoms with E-state index >= 15 is 0 Å². The van der Waals surface area contributed by atoms with E-state index < -0.39 is 6.10 Å². The third-order valence-corrected chi connectivity index (χ3v) is 10.4. The quantitative estimate of drug-likeness (QED) is 0.0263. The van der Waals surface area contributed by atoms with E-state index in [1.165, 1.54) is 96.3 Å². The van der Waals surface area contributed by atoms with Crippen molar-refractivity contribution in [3.8, 4) is 0 Å². The van der Waals surface area contributed by atoms with Gasteiger partial charge in [0.2, 0.25) is 0 Å². The van der Waals surface area contributed by atoms with Gasteiger partial charge in [-0.05, 0) is 83.5 Å². The summed E-state index contributed by atoms with van der Waals surface area (Å²) in [6, 6.07) is 0. The van der Waals surface area contributed by atoms with Gasteiger partial charge in [0, 0.05) is 19.3 Å². The Labute approximate surface area is 370 Å². The van der Waals surface area contributed by atoms with Crippen LogP contribution < -0.4 is 0 Å². The van der Waals surface area contributed by atoms with Crippen molar-refractivity contribution in [3.63, 3.8) is 0 Å². The monoisotopic (exact) mass is 837 g/mol. The highest BCUT2D eigenvalue weighted by Crippen LogP contribution is 2.14. The van der Waals surface area contributed by atoms with Crippen LogP contribution >= 0.6 is 0 Å². The summed E-state index contributed by atoms with van der Waals surface area (Å²) in [7, 11) is 0. The average molecular weight is 837 g/mol. The Balaban J connectivity index is 4.48. The van der Waals surface area contributed by atoms with Gasteiger partial charge in [-0.25, -0.2) is 0 Å². The fourth-order valence-corrected chi connectivity index (χ4v) is 6.63. The number of carbonyl (C=O) groups excluding carboxylic acids is 3. The molecule has 0 saturated heterocycles. The van der Waals surface area contributed by atoms with Crippen molar-refractivity contribution in [2.24, 2.45) is 0 Å². The topological polar surface area (TPSA) is 78.9 Å². The van der Waals surface area contributed by atoms with Gasteiger partial charge in [-0.2, -0.15) is 0 Å². The lowest BCUT2D eigenvalue weighted by molar-refractivity contribution is -0.167. The maximum absolute atomic E-state index is 12.8. The highest BCUT2D eigenvalue weighted by atomic mass is 16.6. The molecule has 0 heterocycles. The molecule has 344 valence electrons. The summed E-state index contributed by atoms with van der Waals surface area (Å²) in [6.45, 7) is 6.50. The van der Waals surface area contributed by atoms with E-state index in [4.69, 9.17) is 14.2 Å². The van der Waals surface area contributed by atoms with E-state index in [2.05, 4.69) is 93.7 Å². The standard InChI is InChI=1S/C54H92O6/c1-4-7-10-13-16-19-22-24-26-27-28-30-32-35-38-41-44-47-53(56)59-50-51(49-58-52(55)46-43-40-37-34-31-21-18-15-12-9-6-3)60-54(57)48-45-42-39-36-33-29-25-23-20-17-14-11-8-5-2/h14,16-17,19,23-26,28,30,35,38,51H,4-13,15,18,20-22,27,29,31-34,36-37,39-50H2,1-3H3/b17-14-,19-16-,25-23-,26-24-,30-28-,38-35-/t51-/m1/s1. The van der Waals surface area contributed by atoms with Crippen LogP contribution in [0.1, 0.15) is 233 Å².